The molecule has 1 aromatic heterocycles. The van der Waals surface area contributed by atoms with Gasteiger partial charge in [0.15, 0.2) is 0 Å². The molecule has 0 aliphatic heterocycles. The molecule has 0 saturated heterocycles. The Hall–Kier alpha value is -2.20. The Kier molecular flexibility index (Phi) is 3.70. The van der Waals surface area contributed by atoms with Crippen molar-refractivity contribution in [3.05, 3.63) is 48.7 Å². The van der Waals surface area contributed by atoms with Crippen LogP contribution >= 0.6 is 11.3 Å². The number of rotatable bonds is 3. The number of thiazole rings is 1. The predicted molar refractivity (Wildman–Crippen MR) is 115 cm³/mol. The number of nitrogens with zero attached hydrogens (tertiary/aromatic N) is 2. The summed E-state index contributed by atoms with van der Waals surface area (Å²) >= 11 is 1.67. The molecule has 2 aliphatic carbocycles. The Morgan fingerprint density at radius 3 is 2.67 bits per heavy atom. The number of hydrazone groups is 1. The Labute approximate surface area is 164 Å². The number of hydrogen-bond donors (Lipinski definition) is 1. The molecule has 1 N–H and O–H groups in total. The average Bonchev–Trinajstić information content (AvgIpc) is 3.28. The highest BCUT2D eigenvalue weighted by atomic mass is 32.1. The summed E-state index contributed by atoms with van der Waals surface area (Å²) in [5.74, 6) is 0.771. The fraction of sp³-hybridized carbons (Fsp3) is 0.391. The van der Waals surface area contributed by atoms with Gasteiger partial charge in [-0.05, 0) is 53.0 Å². The normalized spacial score (nSPS) is 27.5. The maximum atomic E-state index is 4.82. The molecular weight excluding hydrogens is 350 g/mol. The van der Waals surface area contributed by atoms with Crippen LogP contribution in [0, 0.1) is 16.7 Å². The van der Waals surface area contributed by atoms with Gasteiger partial charge in [-0.1, -0.05) is 68.5 Å². The summed E-state index contributed by atoms with van der Waals surface area (Å²) in [5, 5.41) is 8.21. The first-order valence-electron chi connectivity index (χ1n) is 9.75. The predicted octanol–water partition coefficient (Wildman–Crippen LogP) is 6.58. The third-order valence-corrected chi connectivity index (χ3v) is 8.29. The molecule has 2 aliphatic rings. The van der Waals surface area contributed by atoms with Crippen LogP contribution in [-0.4, -0.2) is 10.7 Å². The van der Waals surface area contributed by atoms with Crippen LogP contribution in [0.2, 0.25) is 0 Å². The van der Waals surface area contributed by atoms with Gasteiger partial charge >= 0.3 is 0 Å². The summed E-state index contributed by atoms with van der Waals surface area (Å²) < 4.78 is 0. The van der Waals surface area contributed by atoms with E-state index in [9.17, 15) is 0 Å². The van der Waals surface area contributed by atoms with E-state index >= 15 is 0 Å². The van der Waals surface area contributed by atoms with Crippen LogP contribution < -0.4 is 5.43 Å². The Bertz CT molecular complexity index is 1050. The van der Waals surface area contributed by atoms with E-state index in [-0.39, 0.29) is 5.41 Å². The van der Waals surface area contributed by atoms with Crippen molar-refractivity contribution in [3.63, 3.8) is 0 Å². The zero-order chi connectivity index (χ0) is 18.6. The smallest absolute Gasteiger partial charge is 0.203 e. The van der Waals surface area contributed by atoms with Gasteiger partial charge in [0.25, 0.3) is 0 Å². The molecule has 3 nitrogen and oxygen atoms in total. The second-order valence-electron chi connectivity index (χ2n) is 8.76. The van der Waals surface area contributed by atoms with Crippen molar-refractivity contribution in [1.29, 1.82) is 0 Å². The molecule has 2 saturated carbocycles. The highest BCUT2D eigenvalue weighted by molar-refractivity contribution is 7.18. The Morgan fingerprint density at radius 2 is 1.93 bits per heavy atom. The lowest BCUT2D eigenvalue weighted by atomic mass is 9.70. The van der Waals surface area contributed by atoms with Crippen molar-refractivity contribution in [2.24, 2.45) is 21.8 Å². The Balaban J connectivity index is 1.38. The number of nitrogens with one attached hydrogen (secondary N) is 1. The monoisotopic (exact) mass is 375 g/mol. The first-order valence-corrected chi connectivity index (χ1v) is 10.6. The Morgan fingerprint density at radius 1 is 1.11 bits per heavy atom. The molecule has 0 radical (unpaired) electrons. The minimum atomic E-state index is 0.225. The minimum absolute atomic E-state index is 0.225. The molecule has 2 bridgehead atoms. The van der Waals surface area contributed by atoms with Crippen molar-refractivity contribution in [3.8, 4) is 10.4 Å². The lowest BCUT2D eigenvalue weighted by molar-refractivity contribution is 0.194. The molecule has 2 atom stereocenters. The van der Waals surface area contributed by atoms with Crippen LogP contribution in [0.5, 0.6) is 0 Å². The molecule has 0 spiro atoms. The molecule has 1 heterocycles. The maximum absolute atomic E-state index is 4.82. The van der Waals surface area contributed by atoms with Gasteiger partial charge in [-0.3, -0.25) is 5.43 Å². The van der Waals surface area contributed by atoms with Gasteiger partial charge in [-0.2, -0.15) is 5.10 Å². The van der Waals surface area contributed by atoms with Crippen LogP contribution in [0.25, 0.3) is 21.2 Å². The molecule has 2 fully saturated rings. The molecule has 0 amide bonds. The summed E-state index contributed by atoms with van der Waals surface area (Å²) in [6, 6.07) is 15.0. The average molecular weight is 376 g/mol. The summed E-state index contributed by atoms with van der Waals surface area (Å²) in [6.07, 6.45) is 5.67. The highest BCUT2D eigenvalue weighted by Gasteiger charge is 2.59. The van der Waals surface area contributed by atoms with Gasteiger partial charge in [0.2, 0.25) is 5.13 Å². The number of aromatic nitrogens is 1. The first kappa shape index (κ1) is 16.9. The van der Waals surface area contributed by atoms with E-state index in [0.29, 0.717) is 5.41 Å². The van der Waals surface area contributed by atoms with Crippen LogP contribution in [0.4, 0.5) is 5.13 Å². The number of fused-ring (bicyclic) bond motifs is 3. The fourth-order valence-electron chi connectivity index (χ4n) is 5.01. The van der Waals surface area contributed by atoms with Gasteiger partial charge in [0, 0.05) is 17.3 Å². The summed E-state index contributed by atoms with van der Waals surface area (Å²) in [5.41, 5.74) is 6.37. The molecule has 5 rings (SSSR count). The van der Waals surface area contributed by atoms with Crippen molar-refractivity contribution in [1.82, 2.24) is 4.98 Å². The zero-order valence-electron chi connectivity index (χ0n) is 16.1. The van der Waals surface area contributed by atoms with Crippen molar-refractivity contribution >= 4 is 33.0 Å². The van der Waals surface area contributed by atoms with E-state index in [1.54, 1.807) is 11.3 Å². The second-order valence-corrected chi connectivity index (χ2v) is 9.79. The molecule has 2 aromatic carbocycles. The first-order chi connectivity index (χ1) is 13.0. The quantitative estimate of drug-likeness (QED) is 0.525. The van der Waals surface area contributed by atoms with E-state index in [2.05, 4.69) is 73.6 Å². The number of hydrogen-bond acceptors (Lipinski definition) is 4. The molecule has 138 valence electrons. The summed E-state index contributed by atoms with van der Waals surface area (Å²) in [4.78, 5) is 5.72. The van der Waals surface area contributed by atoms with Gasteiger partial charge < -0.3 is 0 Å². The van der Waals surface area contributed by atoms with E-state index in [4.69, 9.17) is 5.10 Å². The largest absolute Gasteiger partial charge is 0.253 e. The SMILES string of the molecule is CC1(C)[C@H]2CC[C@@]1(C)/C(=N/Nc1ncc(-c3ccc4ccccc4c3)s1)C2. The fourth-order valence-corrected chi connectivity index (χ4v) is 5.77. The molecule has 0 unspecified atom stereocenters. The summed E-state index contributed by atoms with van der Waals surface area (Å²) in [7, 11) is 0. The van der Waals surface area contributed by atoms with Gasteiger partial charge in [0.1, 0.15) is 0 Å². The van der Waals surface area contributed by atoms with Crippen LogP contribution in [0.1, 0.15) is 40.0 Å². The van der Waals surface area contributed by atoms with Gasteiger partial charge in [0.05, 0.1) is 4.88 Å². The van der Waals surface area contributed by atoms with E-state index < -0.39 is 0 Å². The lowest BCUT2D eigenvalue weighted by Crippen LogP contribution is -2.32. The third-order valence-electron chi connectivity index (χ3n) is 7.34. The standard InChI is InChI=1S/C23H25N3S/c1-22(2)18-10-11-23(22,3)20(13-18)25-26-21-24-14-19(27-21)17-9-8-15-6-4-5-7-16(15)12-17/h4-9,12,14,18H,10-11,13H2,1-3H3,(H,24,26)/b25-20+/t18-,23-/m0/s1. The van der Waals surface area contributed by atoms with E-state index in [1.807, 2.05) is 6.20 Å². The molecule has 3 aromatic rings. The van der Waals surface area contributed by atoms with E-state index in [0.717, 1.165) is 17.5 Å². The third kappa shape index (κ3) is 2.53. The zero-order valence-corrected chi connectivity index (χ0v) is 16.9. The van der Waals surface area contributed by atoms with Gasteiger partial charge in [-0.15, -0.1) is 0 Å². The van der Waals surface area contributed by atoms with Crippen LogP contribution in [-0.2, 0) is 0 Å². The van der Waals surface area contributed by atoms with Crippen LogP contribution in [0.3, 0.4) is 0 Å². The van der Waals surface area contributed by atoms with Gasteiger partial charge in [-0.25, -0.2) is 4.98 Å². The van der Waals surface area contributed by atoms with Crippen molar-refractivity contribution < 1.29 is 0 Å². The molecule has 27 heavy (non-hydrogen) atoms. The minimum Gasteiger partial charge on any atom is -0.253 e. The lowest BCUT2D eigenvalue weighted by Gasteiger charge is -2.34. The number of benzene rings is 2. The topological polar surface area (TPSA) is 37.3 Å². The van der Waals surface area contributed by atoms with Crippen LogP contribution in [0.15, 0.2) is 53.8 Å². The number of anilines is 1. The second kappa shape index (κ2) is 5.90. The van der Waals surface area contributed by atoms with Crippen molar-refractivity contribution in [2.45, 2.75) is 40.0 Å². The van der Waals surface area contributed by atoms with E-state index in [1.165, 1.54) is 39.8 Å². The van der Waals surface area contributed by atoms with Crippen molar-refractivity contribution in [2.75, 3.05) is 5.43 Å². The highest BCUT2D eigenvalue weighted by Crippen LogP contribution is 2.63. The summed E-state index contributed by atoms with van der Waals surface area (Å²) in [6.45, 7) is 7.21. The maximum Gasteiger partial charge on any atom is 0.203 e. The molecular formula is C23H25N3S. The molecule has 4 heteroatoms.